The molecule has 0 saturated heterocycles. The van der Waals surface area contributed by atoms with Crippen LogP contribution in [0, 0.1) is 0 Å². The smallest absolute Gasteiger partial charge is 0.428 e. The molecule has 0 spiro atoms. The molecule has 27 heavy (non-hydrogen) atoms. The topological polar surface area (TPSA) is 89.9 Å². The molecule has 2 unspecified atom stereocenters. The van der Waals surface area contributed by atoms with Crippen molar-refractivity contribution < 1.29 is 78.1 Å². The van der Waals surface area contributed by atoms with Gasteiger partial charge in [0.05, 0.1) is 0 Å². The van der Waals surface area contributed by atoms with Crippen molar-refractivity contribution in [3.8, 4) is 0 Å². The molecular weight excluding hydrogens is 395 g/mol. The van der Waals surface area contributed by atoms with Gasteiger partial charge >= 0.3 is 67.8 Å². The fourth-order valence-corrected chi connectivity index (χ4v) is 3.70. The van der Waals surface area contributed by atoms with Gasteiger partial charge in [-0.05, 0) is 17.5 Å². The molecule has 0 saturated carbocycles. The molecule has 0 aromatic heterocycles. The third-order valence-corrected chi connectivity index (χ3v) is 4.61. The quantitative estimate of drug-likeness (QED) is 0.432. The van der Waals surface area contributed by atoms with E-state index in [0.29, 0.717) is 5.57 Å². The van der Waals surface area contributed by atoms with E-state index in [1.165, 1.54) is 6.92 Å². The molecule has 2 aromatic carbocycles. The second kappa shape index (κ2) is 9.57. The first-order valence-electron chi connectivity index (χ1n) is 8.03. The van der Waals surface area contributed by atoms with Crippen LogP contribution in [0.25, 0.3) is 5.57 Å². The van der Waals surface area contributed by atoms with Crippen molar-refractivity contribution in [2.45, 2.75) is 25.4 Å². The summed E-state index contributed by atoms with van der Waals surface area (Å²) in [4.78, 5) is 11.6. The van der Waals surface area contributed by atoms with Crippen LogP contribution >= 0.6 is 0 Å². The first-order valence-corrected chi connectivity index (χ1v) is 9.40. The van der Waals surface area contributed by atoms with Gasteiger partial charge in [0.15, 0.2) is 0 Å². The first kappa shape index (κ1) is 22.4. The molecule has 1 aliphatic carbocycles. The molecule has 3 rings (SSSR count). The number of hydrogen-bond donors (Lipinski definition) is 1. The number of allylic oxidation sites excluding steroid dienone is 1. The van der Waals surface area contributed by atoms with Gasteiger partial charge in [-0.2, -0.15) is 8.42 Å². The molecule has 136 valence electrons. The molecular formula is C19H18KO6S+. The molecule has 2 aromatic rings. The van der Waals surface area contributed by atoms with Crippen molar-refractivity contribution in [1.82, 2.24) is 0 Å². The minimum absolute atomic E-state index is 0. The Labute approximate surface area is 200 Å². The van der Waals surface area contributed by atoms with Crippen LogP contribution in [0.15, 0.2) is 66.4 Å². The molecule has 0 aliphatic heterocycles. The number of carbonyl (C=O) groups excluding carboxylic acids is 1. The monoisotopic (exact) mass is 413 g/mol. The summed E-state index contributed by atoms with van der Waals surface area (Å²) >= 11 is 0. The molecule has 8 heteroatoms. The van der Waals surface area contributed by atoms with Gasteiger partial charge in [0.1, 0.15) is 11.9 Å². The van der Waals surface area contributed by atoms with Crippen LogP contribution in [-0.2, 0) is 24.1 Å². The Hall–Kier alpha value is -0.844. The average Bonchev–Trinajstić information content (AvgIpc) is 2.92. The van der Waals surface area contributed by atoms with Gasteiger partial charge in [-0.1, -0.05) is 60.7 Å². The Balaban J connectivity index is 0.00000261. The average molecular weight is 414 g/mol. The number of benzene rings is 2. The molecule has 2 atom stereocenters. The zero-order valence-corrected chi connectivity index (χ0v) is 19.0. The molecule has 1 N–H and O–H groups in total. The van der Waals surface area contributed by atoms with Crippen molar-refractivity contribution in [3.63, 3.8) is 0 Å². The Morgan fingerprint density at radius 3 is 2.11 bits per heavy atom. The van der Waals surface area contributed by atoms with Crippen molar-refractivity contribution in [1.29, 1.82) is 0 Å². The Kier molecular flexibility index (Phi) is 7.96. The van der Waals surface area contributed by atoms with E-state index in [-0.39, 0.29) is 69.5 Å². The van der Waals surface area contributed by atoms with E-state index >= 15 is 0 Å². The van der Waals surface area contributed by atoms with Gasteiger partial charge in [0.2, 0.25) is 0 Å². The third kappa shape index (κ3) is 5.82. The Morgan fingerprint density at radius 1 is 1.04 bits per heavy atom. The standard InChI is InChI=1S/C19H18O6S.K/c1-13(20)24-19-17(25-26(21,22)23)12-16(14-8-4-2-5-9-14)18(19)15-10-6-3-7-11-15;/h2-11,16-17H,12H2,1H3,(H,21,22,23);/q;+1. The van der Waals surface area contributed by atoms with Crippen LogP contribution in [-0.4, -0.2) is 25.0 Å². The van der Waals surface area contributed by atoms with Crippen LogP contribution in [0.5, 0.6) is 0 Å². The molecule has 0 fully saturated rings. The maximum absolute atomic E-state index is 11.6. The van der Waals surface area contributed by atoms with Crippen molar-refractivity contribution >= 4 is 21.9 Å². The van der Waals surface area contributed by atoms with E-state index in [4.69, 9.17) is 13.5 Å². The van der Waals surface area contributed by atoms with Crippen molar-refractivity contribution in [2.75, 3.05) is 0 Å². The van der Waals surface area contributed by atoms with Crippen LogP contribution in [0.4, 0.5) is 0 Å². The summed E-state index contributed by atoms with van der Waals surface area (Å²) in [6.45, 7) is 1.23. The zero-order valence-electron chi connectivity index (χ0n) is 15.0. The summed E-state index contributed by atoms with van der Waals surface area (Å²) in [7, 11) is -4.71. The van der Waals surface area contributed by atoms with E-state index in [9.17, 15) is 13.2 Å². The number of hydrogen-bond acceptors (Lipinski definition) is 5. The van der Waals surface area contributed by atoms with E-state index in [1.54, 1.807) is 0 Å². The van der Waals surface area contributed by atoms with E-state index in [1.807, 2.05) is 60.7 Å². The van der Waals surface area contributed by atoms with Crippen LogP contribution in [0.3, 0.4) is 0 Å². The summed E-state index contributed by atoms with van der Waals surface area (Å²) in [5.74, 6) is -0.735. The predicted molar refractivity (Wildman–Crippen MR) is 95.3 cm³/mol. The number of rotatable bonds is 5. The van der Waals surface area contributed by atoms with Gasteiger partial charge in [-0.15, -0.1) is 0 Å². The van der Waals surface area contributed by atoms with Crippen LogP contribution < -0.4 is 51.4 Å². The van der Waals surface area contributed by atoms with Gasteiger partial charge in [-0.3, -0.25) is 9.35 Å². The maximum Gasteiger partial charge on any atom is 1.00 e. The van der Waals surface area contributed by atoms with Gasteiger partial charge < -0.3 is 4.74 Å². The fraction of sp³-hybridized carbons (Fsp3) is 0.211. The summed E-state index contributed by atoms with van der Waals surface area (Å²) in [6, 6.07) is 18.7. The SMILES string of the molecule is CC(=O)OC1=C(c2ccccc2)C(c2ccccc2)CC1OS(=O)(=O)O.[K+]. The molecule has 1 aliphatic rings. The zero-order chi connectivity index (χ0) is 18.7. The second-order valence-electron chi connectivity index (χ2n) is 5.95. The summed E-state index contributed by atoms with van der Waals surface area (Å²) in [6.07, 6.45) is -0.870. The Bertz CT molecular complexity index is 925. The molecule has 0 amide bonds. The van der Waals surface area contributed by atoms with Crippen molar-refractivity contribution in [3.05, 3.63) is 77.5 Å². The maximum atomic E-state index is 11.6. The van der Waals surface area contributed by atoms with E-state index < -0.39 is 22.5 Å². The second-order valence-corrected chi connectivity index (χ2v) is 7.00. The molecule has 6 nitrogen and oxygen atoms in total. The largest absolute Gasteiger partial charge is 1.00 e. The van der Waals surface area contributed by atoms with E-state index in [0.717, 1.165) is 11.1 Å². The minimum atomic E-state index is -4.71. The Morgan fingerprint density at radius 2 is 1.59 bits per heavy atom. The number of esters is 1. The molecule has 0 bridgehead atoms. The fourth-order valence-electron chi connectivity index (χ4n) is 3.24. The number of ether oxygens (including phenoxy) is 1. The summed E-state index contributed by atoms with van der Waals surface area (Å²) < 4.78 is 41.8. The van der Waals surface area contributed by atoms with Gasteiger partial charge in [-0.25, -0.2) is 4.18 Å². The van der Waals surface area contributed by atoms with Gasteiger partial charge in [0, 0.05) is 18.4 Å². The first-order chi connectivity index (χ1) is 12.3. The normalized spacial score (nSPS) is 19.5. The summed E-state index contributed by atoms with van der Waals surface area (Å²) in [5, 5.41) is 0. The van der Waals surface area contributed by atoms with Crippen LogP contribution in [0.1, 0.15) is 30.4 Å². The minimum Gasteiger partial charge on any atom is -0.428 e. The third-order valence-electron chi connectivity index (χ3n) is 4.13. The van der Waals surface area contributed by atoms with Crippen molar-refractivity contribution in [2.24, 2.45) is 0 Å². The molecule has 0 radical (unpaired) electrons. The summed E-state index contributed by atoms with van der Waals surface area (Å²) in [5.41, 5.74) is 2.39. The number of carbonyl (C=O) groups is 1. The van der Waals surface area contributed by atoms with Gasteiger partial charge in [0.25, 0.3) is 0 Å². The predicted octanol–water partition coefficient (Wildman–Crippen LogP) is 0.340. The van der Waals surface area contributed by atoms with E-state index in [2.05, 4.69) is 0 Å². The van der Waals surface area contributed by atoms with Crippen LogP contribution in [0.2, 0.25) is 0 Å². The molecule has 0 heterocycles.